The van der Waals surface area contributed by atoms with E-state index in [2.05, 4.69) is 15.2 Å². The van der Waals surface area contributed by atoms with Crippen LogP contribution in [0.1, 0.15) is 29.2 Å². The van der Waals surface area contributed by atoms with E-state index in [4.69, 9.17) is 4.74 Å². The second-order valence-corrected chi connectivity index (χ2v) is 4.24. The first kappa shape index (κ1) is 13.1. The molecule has 0 aliphatic carbocycles. The molecule has 0 saturated heterocycles. The van der Waals surface area contributed by atoms with E-state index in [1.165, 1.54) is 7.11 Å². The van der Waals surface area contributed by atoms with Crippen LogP contribution in [0.2, 0.25) is 0 Å². The van der Waals surface area contributed by atoms with Crippen LogP contribution in [-0.4, -0.2) is 28.3 Å². The maximum atomic E-state index is 11.9. The van der Waals surface area contributed by atoms with Crippen LogP contribution >= 0.6 is 0 Å². The molecule has 0 aliphatic rings. The summed E-state index contributed by atoms with van der Waals surface area (Å²) in [5, 5.41) is 5.29. The van der Waals surface area contributed by atoms with E-state index in [1.807, 2.05) is 6.07 Å². The largest absolute Gasteiger partial charge is 0.469 e. The molecule has 6 nitrogen and oxygen atoms in total. The minimum absolute atomic E-state index is 0.101. The van der Waals surface area contributed by atoms with Crippen molar-refractivity contribution in [2.24, 2.45) is 0 Å². The molecule has 1 atom stereocenters. The van der Waals surface area contributed by atoms with Crippen molar-refractivity contribution in [2.75, 3.05) is 7.11 Å². The van der Waals surface area contributed by atoms with Gasteiger partial charge in [-0.25, -0.2) is 0 Å². The number of rotatable bonds is 4. The fraction of sp³-hybridized carbons (Fsp3) is 0.308. The monoisotopic (exact) mass is 261 g/mol. The summed E-state index contributed by atoms with van der Waals surface area (Å²) >= 11 is 0. The number of carbonyl (C=O) groups excluding carboxylic acids is 1. The average Bonchev–Trinajstić information content (AvgIpc) is 2.76. The highest BCUT2D eigenvalue weighted by Crippen LogP contribution is 2.27. The number of aromatic amines is 2. The van der Waals surface area contributed by atoms with E-state index < -0.39 is 0 Å². The molecule has 0 fully saturated rings. The topological polar surface area (TPSA) is 87.8 Å². The minimum Gasteiger partial charge on any atom is -0.469 e. The predicted octanol–water partition coefficient (Wildman–Crippen LogP) is 1.10. The number of hydrogen-bond acceptors (Lipinski definition) is 4. The van der Waals surface area contributed by atoms with Gasteiger partial charge in [-0.05, 0) is 18.6 Å². The van der Waals surface area contributed by atoms with Crippen LogP contribution in [-0.2, 0) is 9.53 Å². The molecule has 0 spiro atoms. The Morgan fingerprint density at radius 3 is 2.79 bits per heavy atom. The number of nitrogens with zero attached hydrogens (tertiary/aromatic N) is 1. The van der Waals surface area contributed by atoms with Gasteiger partial charge in [-0.1, -0.05) is 6.07 Å². The Balaban J connectivity index is 2.46. The molecule has 0 aliphatic heterocycles. The molecule has 6 heteroatoms. The van der Waals surface area contributed by atoms with Crippen LogP contribution < -0.4 is 5.56 Å². The van der Waals surface area contributed by atoms with Crippen LogP contribution in [0.4, 0.5) is 0 Å². The number of aromatic nitrogens is 3. The van der Waals surface area contributed by atoms with Crippen LogP contribution in [0.3, 0.4) is 0 Å². The lowest BCUT2D eigenvalue weighted by atomic mass is 9.90. The van der Waals surface area contributed by atoms with Crippen molar-refractivity contribution in [1.29, 1.82) is 0 Å². The van der Waals surface area contributed by atoms with Gasteiger partial charge >= 0.3 is 5.97 Å². The smallest absolute Gasteiger partial charge is 0.306 e. The maximum Gasteiger partial charge on any atom is 0.306 e. The zero-order valence-corrected chi connectivity index (χ0v) is 10.8. The standard InChI is InChI=1S/C13H15N3O3/c1-8-12(13(18)16-15-8)10(6-11(17)19-2)9-4-3-5-14-7-9/h3-5,7,10H,6H2,1-2H3,(H2,15,16,18). The SMILES string of the molecule is COC(=O)CC(c1cccnc1)c1c(C)[nH][nH]c1=O. The normalized spacial score (nSPS) is 12.1. The summed E-state index contributed by atoms with van der Waals surface area (Å²) < 4.78 is 4.70. The Kier molecular flexibility index (Phi) is 3.79. The Morgan fingerprint density at radius 1 is 1.47 bits per heavy atom. The molecule has 1 unspecified atom stereocenters. The van der Waals surface area contributed by atoms with Gasteiger partial charge < -0.3 is 9.84 Å². The van der Waals surface area contributed by atoms with Crippen molar-refractivity contribution in [3.05, 3.63) is 51.7 Å². The van der Waals surface area contributed by atoms with Crippen LogP contribution in [0, 0.1) is 6.92 Å². The van der Waals surface area contributed by atoms with E-state index >= 15 is 0 Å². The van der Waals surface area contributed by atoms with Gasteiger partial charge in [-0.15, -0.1) is 0 Å². The quantitative estimate of drug-likeness (QED) is 0.807. The Bertz CT molecular complexity index is 616. The molecule has 19 heavy (non-hydrogen) atoms. The highest BCUT2D eigenvalue weighted by Gasteiger charge is 2.24. The van der Waals surface area contributed by atoms with Crippen molar-refractivity contribution in [3.63, 3.8) is 0 Å². The highest BCUT2D eigenvalue weighted by atomic mass is 16.5. The second kappa shape index (κ2) is 5.51. The van der Waals surface area contributed by atoms with Gasteiger partial charge in [0.2, 0.25) is 0 Å². The van der Waals surface area contributed by atoms with E-state index in [1.54, 1.807) is 25.4 Å². The molecule has 0 bridgehead atoms. The molecule has 2 rings (SSSR count). The molecule has 0 amide bonds. The third-order valence-corrected chi connectivity index (χ3v) is 3.05. The Labute approximate surface area is 109 Å². The van der Waals surface area contributed by atoms with Crippen LogP contribution in [0.5, 0.6) is 0 Å². The molecule has 0 radical (unpaired) electrons. The van der Waals surface area contributed by atoms with Gasteiger partial charge in [0, 0.05) is 29.6 Å². The first-order chi connectivity index (χ1) is 9.13. The number of pyridine rings is 1. The summed E-state index contributed by atoms with van der Waals surface area (Å²) in [6, 6.07) is 3.61. The van der Waals surface area contributed by atoms with Crippen LogP contribution in [0.15, 0.2) is 29.3 Å². The summed E-state index contributed by atoms with van der Waals surface area (Å²) in [6.07, 6.45) is 3.40. The summed E-state index contributed by atoms with van der Waals surface area (Å²) in [4.78, 5) is 27.4. The molecule has 2 aromatic rings. The predicted molar refractivity (Wildman–Crippen MR) is 68.9 cm³/mol. The molecule has 100 valence electrons. The van der Waals surface area contributed by atoms with E-state index in [0.29, 0.717) is 11.3 Å². The number of methoxy groups -OCH3 is 1. The van der Waals surface area contributed by atoms with E-state index in [0.717, 1.165) is 5.56 Å². The first-order valence-electron chi connectivity index (χ1n) is 5.87. The van der Waals surface area contributed by atoms with E-state index in [-0.39, 0.29) is 23.9 Å². The van der Waals surface area contributed by atoms with Gasteiger partial charge in [0.25, 0.3) is 5.56 Å². The molecular weight excluding hydrogens is 246 g/mol. The molecule has 2 aromatic heterocycles. The average molecular weight is 261 g/mol. The number of aryl methyl sites for hydroxylation is 1. The maximum absolute atomic E-state index is 11.9. The Morgan fingerprint density at radius 2 is 2.26 bits per heavy atom. The van der Waals surface area contributed by atoms with Crippen molar-refractivity contribution in [2.45, 2.75) is 19.3 Å². The van der Waals surface area contributed by atoms with Gasteiger partial charge in [0.05, 0.1) is 13.5 Å². The Hall–Kier alpha value is -2.37. The van der Waals surface area contributed by atoms with Gasteiger partial charge in [-0.3, -0.25) is 19.7 Å². The zero-order valence-electron chi connectivity index (χ0n) is 10.8. The number of hydrogen-bond donors (Lipinski definition) is 2. The van der Waals surface area contributed by atoms with E-state index in [9.17, 15) is 9.59 Å². The summed E-state index contributed by atoms with van der Waals surface area (Å²) in [5.41, 5.74) is 1.83. The molecule has 0 aromatic carbocycles. The zero-order chi connectivity index (χ0) is 13.8. The number of carbonyl (C=O) groups is 1. The third kappa shape index (κ3) is 2.73. The van der Waals surface area contributed by atoms with Gasteiger partial charge in [0.1, 0.15) is 0 Å². The van der Waals surface area contributed by atoms with Crippen molar-refractivity contribution >= 4 is 5.97 Å². The van der Waals surface area contributed by atoms with Gasteiger partial charge in [-0.2, -0.15) is 0 Å². The molecule has 2 N–H and O–H groups in total. The van der Waals surface area contributed by atoms with Crippen molar-refractivity contribution < 1.29 is 9.53 Å². The number of H-pyrrole nitrogens is 2. The summed E-state index contributed by atoms with van der Waals surface area (Å²) in [5.74, 6) is -0.731. The fourth-order valence-corrected chi connectivity index (χ4v) is 2.09. The van der Waals surface area contributed by atoms with Crippen molar-refractivity contribution in [3.8, 4) is 0 Å². The van der Waals surface area contributed by atoms with Crippen LogP contribution in [0.25, 0.3) is 0 Å². The number of ether oxygens (including phenoxy) is 1. The second-order valence-electron chi connectivity index (χ2n) is 4.24. The first-order valence-corrected chi connectivity index (χ1v) is 5.87. The minimum atomic E-state index is -0.367. The van der Waals surface area contributed by atoms with Gasteiger partial charge in [0.15, 0.2) is 0 Å². The third-order valence-electron chi connectivity index (χ3n) is 3.05. The summed E-state index contributed by atoms with van der Waals surface area (Å²) in [7, 11) is 1.33. The lowest BCUT2D eigenvalue weighted by Crippen LogP contribution is -2.17. The van der Waals surface area contributed by atoms with Crippen molar-refractivity contribution in [1.82, 2.24) is 15.2 Å². The highest BCUT2D eigenvalue weighted by molar-refractivity contribution is 5.71. The number of nitrogens with one attached hydrogen (secondary N) is 2. The summed E-state index contributed by atoms with van der Waals surface area (Å²) in [6.45, 7) is 1.79. The fourth-order valence-electron chi connectivity index (χ4n) is 2.09. The molecule has 0 saturated carbocycles. The number of esters is 1. The lowest BCUT2D eigenvalue weighted by molar-refractivity contribution is -0.140. The molecular formula is C13H15N3O3. The molecule has 2 heterocycles. The lowest BCUT2D eigenvalue weighted by Gasteiger charge is -2.14.